The van der Waals surface area contributed by atoms with E-state index < -0.39 is 110 Å². The molecule has 1 amide bonds. The van der Waals surface area contributed by atoms with E-state index in [1.165, 1.54) is 13.8 Å². The Hall–Kier alpha value is 0.0700. The Bertz CT molecular complexity index is 1130. The average molecular weight is 1070 g/mol. The molecule has 0 radical (unpaired) electrons. The molecule has 3 aliphatic rings. The van der Waals surface area contributed by atoms with Crippen LogP contribution in [0.15, 0.2) is 0 Å². The van der Waals surface area contributed by atoms with Crippen LogP contribution in [0.3, 0.4) is 0 Å². The maximum atomic E-state index is 12.3. The molecule has 0 unspecified atom stereocenters. The molecule has 0 aliphatic carbocycles. The minimum Gasteiger partial charge on any atom is -0.457 e. The van der Waals surface area contributed by atoms with Gasteiger partial charge in [-0.15, -0.1) is 0 Å². The highest BCUT2D eigenvalue weighted by Gasteiger charge is 2.54. The molecule has 15 atom stereocenters. The molecule has 0 spiro atoms. The number of hydrogen-bond acceptors (Lipinski definition) is 13. The van der Waals surface area contributed by atoms with Crippen molar-refractivity contribution >= 4 is 85.6 Å². The lowest BCUT2D eigenvalue weighted by atomic mass is 9.99. The van der Waals surface area contributed by atoms with E-state index in [0.717, 1.165) is 0 Å². The Morgan fingerprint density at radius 2 is 1.14 bits per heavy atom. The Morgan fingerprint density at radius 3 is 1.66 bits per heavy atom. The highest BCUT2D eigenvalue weighted by Crippen LogP contribution is 2.39. The molecule has 0 aromatic carbocycles. The summed E-state index contributed by atoms with van der Waals surface area (Å²) >= 11 is 6.13. The largest absolute Gasteiger partial charge is 0.471 e. The van der Waals surface area contributed by atoms with Crippen LogP contribution in [0.4, 0.5) is 13.2 Å². The van der Waals surface area contributed by atoms with Crippen LogP contribution in [-0.2, 0) is 52.3 Å². The summed E-state index contributed by atoms with van der Waals surface area (Å²) in [7, 11) is 0. The fraction of sp³-hybridized carbons (Fsp3) is 0.900. The zero-order valence-corrected chi connectivity index (χ0v) is 34.5. The molecule has 0 aromatic heterocycles. The van der Waals surface area contributed by atoms with E-state index in [0.29, 0.717) is 25.7 Å². The predicted octanol–water partition coefficient (Wildman–Crippen LogP) is 3.24. The van der Waals surface area contributed by atoms with Crippen molar-refractivity contribution < 1.29 is 75.7 Å². The lowest BCUT2D eigenvalue weighted by molar-refractivity contribution is -0.320. The summed E-state index contributed by atoms with van der Waals surface area (Å²) in [6.45, 7) is 7.74. The fourth-order valence-electron chi connectivity index (χ4n) is 5.68. The molecule has 0 aromatic rings. The highest BCUT2D eigenvalue weighted by atomic mass is 127. The molecule has 3 saturated heterocycles. The van der Waals surface area contributed by atoms with Crippen LogP contribution < -0.4 is 5.32 Å². The van der Waals surface area contributed by atoms with Gasteiger partial charge in [-0.2, -0.15) is 13.2 Å². The molecule has 3 aliphatic heterocycles. The number of carbonyl (C=O) groups is 3. The van der Waals surface area contributed by atoms with Crippen molar-refractivity contribution in [2.75, 3.05) is 13.2 Å². The van der Waals surface area contributed by atoms with Crippen molar-refractivity contribution in [1.29, 1.82) is 0 Å². The van der Waals surface area contributed by atoms with E-state index >= 15 is 0 Å². The van der Waals surface area contributed by atoms with Gasteiger partial charge in [-0.05, 0) is 33.6 Å². The monoisotopic (exact) mass is 1060 g/mol. The number of alkyl halides is 6. The second-order valence-electron chi connectivity index (χ2n) is 12.3. The van der Waals surface area contributed by atoms with E-state index in [2.05, 4.69) is 45.2 Å². The van der Waals surface area contributed by atoms with E-state index in [4.69, 9.17) is 37.9 Å². The van der Waals surface area contributed by atoms with Crippen molar-refractivity contribution in [2.45, 2.75) is 152 Å². The minimum atomic E-state index is -4.91. The summed E-state index contributed by atoms with van der Waals surface area (Å²) in [5.41, 5.74) is 0. The number of rotatable bonds is 14. The van der Waals surface area contributed by atoms with Crippen LogP contribution in [0.5, 0.6) is 0 Å². The zero-order chi connectivity index (χ0) is 37.5. The van der Waals surface area contributed by atoms with Gasteiger partial charge in [0.15, 0.2) is 31.1 Å². The molecule has 3 heterocycles. The summed E-state index contributed by atoms with van der Waals surface area (Å²) in [6, 6.07) is 0. The smallest absolute Gasteiger partial charge is 0.457 e. The van der Waals surface area contributed by atoms with Crippen LogP contribution in [0.25, 0.3) is 0 Å². The number of aliphatic hydroxyl groups is 2. The quantitative estimate of drug-likeness (QED) is 0.100. The van der Waals surface area contributed by atoms with Gasteiger partial charge in [0.2, 0.25) is 0 Å². The van der Waals surface area contributed by atoms with E-state index in [-0.39, 0.29) is 13.2 Å². The number of aliphatic hydroxyl groups excluding tert-OH is 2. The standard InChI is InChI=1S/C30H45F3I3NO13/c1-12-20(40)21(41)17(34)27(44-12)49-25-19(36)28(46-14(3)23(25)48-16(5)39)50-24-18(35)26(45-13(2)22(24)47-15(4)38)43-11-9-7-6-8-10-37-29(42)30(31,32)33/h12-14,17-28,40-41H,6-11H2,1-5H3,(H,37,42)/t12-,13-,14-,17+,18+,19+,20-,21-,22-,23-,24-,25-,26+,27-,28-/m0/s1. The minimum absolute atomic E-state index is 0.0848. The molecule has 3 rings (SSSR count). The summed E-state index contributed by atoms with van der Waals surface area (Å²) in [5.74, 6) is -3.07. The molecule has 3 fully saturated rings. The van der Waals surface area contributed by atoms with E-state index in [1.807, 2.05) is 27.9 Å². The SMILES string of the molecule is CC(=O)O[C@@H]1[C@@H](O[C@@H]2O[C@@H](C)[C@H](O)[C@@H](O)[C@H]2I)[C@@H](I)[C@H](O[C@H]2[C@@H](I)[C@H](OCCCCCCNC(=O)C(F)(F)F)O[C@@H](C)[C@@H]2OC(C)=O)O[C@H]1C. The summed E-state index contributed by atoms with van der Waals surface area (Å²) in [4.78, 5) is 35.2. The lowest BCUT2D eigenvalue weighted by Crippen LogP contribution is -2.64. The van der Waals surface area contributed by atoms with Gasteiger partial charge in [0.05, 0.1) is 36.2 Å². The van der Waals surface area contributed by atoms with Gasteiger partial charge in [-0.25, -0.2) is 0 Å². The van der Waals surface area contributed by atoms with Crippen LogP contribution in [0, 0.1) is 0 Å². The topological polar surface area (TPSA) is 178 Å². The summed E-state index contributed by atoms with van der Waals surface area (Å²) in [6.07, 6.45) is -13.2. The molecule has 290 valence electrons. The van der Waals surface area contributed by atoms with E-state index in [1.54, 1.807) is 20.8 Å². The first-order chi connectivity index (χ1) is 23.3. The maximum absolute atomic E-state index is 12.3. The van der Waals surface area contributed by atoms with Gasteiger partial charge in [-0.3, -0.25) is 14.4 Å². The van der Waals surface area contributed by atoms with Crippen molar-refractivity contribution in [3.05, 3.63) is 0 Å². The van der Waals surface area contributed by atoms with Gasteiger partial charge >= 0.3 is 24.0 Å². The summed E-state index contributed by atoms with van der Waals surface area (Å²) < 4.78 is 83.7. The number of ether oxygens (including phenoxy) is 8. The highest BCUT2D eigenvalue weighted by molar-refractivity contribution is 14.1. The number of carbonyl (C=O) groups excluding carboxylic acids is 3. The predicted molar refractivity (Wildman–Crippen MR) is 193 cm³/mol. The second-order valence-corrected chi connectivity index (χ2v) is 16.6. The van der Waals surface area contributed by atoms with Crippen LogP contribution >= 0.6 is 67.8 Å². The lowest BCUT2D eigenvalue weighted by Gasteiger charge is -2.49. The van der Waals surface area contributed by atoms with Crippen LogP contribution in [0.1, 0.15) is 60.3 Å². The average Bonchev–Trinajstić information content (AvgIpc) is 3.02. The van der Waals surface area contributed by atoms with Crippen molar-refractivity contribution in [3.8, 4) is 0 Å². The Kier molecular flexibility index (Phi) is 17.9. The number of halogens is 6. The first-order valence-electron chi connectivity index (χ1n) is 16.2. The Labute approximate surface area is 329 Å². The molecule has 0 saturated carbocycles. The van der Waals surface area contributed by atoms with E-state index in [9.17, 15) is 37.8 Å². The molecule has 0 bridgehead atoms. The molecule has 50 heavy (non-hydrogen) atoms. The Balaban J connectivity index is 1.69. The number of hydrogen-bond donors (Lipinski definition) is 3. The number of unbranched alkanes of at least 4 members (excludes halogenated alkanes) is 3. The molecule has 20 heteroatoms. The normalized spacial score (nSPS) is 39.4. The number of nitrogens with one attached hydrogen (secondary N) is 1. The third kappa shape index (κ3) is 12.3. The van der Waals surface area contributed by atoms with Crippen molar-refractivity contribution in [1.82, 2.24) is 5.32 Å². The summed E-state index contributed by atoms with van der Waals surface area (Å²) in [5, 5.41) is 22.7. The van der Waals surface area contributed by atoms with Gasteiger partial charge in [0.1, 0.15) is 18.3 Å². The Morgan fingerprint density at radius 1 is 0.680 bits per heavy atom. The second kappa shape index (κ2) is 20.1. The van der Waals surface area contributed by atoms with Crippen molar-refractivity contribution in [2.24, 2.45) is 0 Å². The van der Waals surface area contributed by atoms with Gasteiger partial charge < -0.3 is 53.4 Å². The van der Waals surface area contributed by atoms with Crippen LogP contribution in [-0.4, -0.2) is 133 Å². The van der Waals surface area contributed by atoms with Gasteiger partial charge in [0.25, 0.3) is 0 Å². The van der Waals surface area contributed by atoms with Gasteiger partial charge in [-0.1, -0.05) is 80.6 Å². The van der Waals surface area contributed by atoms with Gasteiger partial charge in [0, 0.05) is 27.0 Å². The van der Waals surface area contributed by atoms with Crippen molar-refractivity contribution in [3.63, 3.8) is 0 Å². The molecule has 14 nitrogen and oxygen atoms in total. The molecular weight excluding hydrogens is 1020 g/mol. The number of amides is 1. The third-order valence-corrected chi connectivity index (χ3v) is 12.2. The third-order valence-electron chi connectivity index (χ3n) is 8.27. The number of esters is 2. The molecule has 3 N–H and O–H groups in total. The first-order valence-corrected chi connectivity index (χ1v) is 19.9. The molecular formula is C30H45F3I3NO13. The first kappa shape index (κ1) is 44.5. The fourth-order valence-corrected chi connectivity index (χ4v) is 8.32. The maximum Gasteiger partial charge on any atom is 0.471 e. The van der Waals surface area contributed by atoms with Crippen LogP contribution in [0.2, 0.25) is 0 Å². The zero-order valence-electron chi connectivity index (χ0n) is 28.1.